The van der Waals surface area contributed by atoms with Crippen molar-refractivity contribution in [1.29, 1.82) is 0 Å². The van der Waals surface area contributed by atoms with E-state index < -0.39 is 23.3 Å². The van der Waals surface area contributed by atoms with Gasteiger partial charge in [0, 0.05) is 18.3 Å². The molecule has 1 aromatic carbocycles. The first-order chi connectivity index (χ1) is 9.84. The third-order valence-corrected chi connectivity index (χ3v) is 3.61. The van der Waals surface area contributed by atoms with Gasteiger partial charge in [-0.05, 0) is 37.5 Å². The minimum Gasteiger partial charge on any atom is -0.478 e. The molecule has 0 heterocycles. The Morgan fingerprint density at radius 2 is 2.05 bits per heavy atom. The first kappa shape index (κ1) is 15.7. The summed E-state index contributed by atoms with van der Waals surface area (Å²) in [5, 5.41) is 8.91. The van der Waals surface area contributed by atoms with Crippen molar-refractivity contribution < 1.29 is 23.1 Å². The van der Waals surface area contributed by atoms with Crippen LogP contribution in [0.15, 0.2) is 18.2 Å². The highest BCUT2D eigenvalue weighted by molar-refractivity contribution is 5.90. The molecule has 1 aliphatic rings. The van der Waals surface area contributed by atoms with Crippen molar-refractivity contribution in [2.24, 2.45) is 0 Å². The maximum Gasteiger partial charge on any atom is 0.417 e. The number of carboxylic acids is 1. The van der Waals surface area contributed by atoms with Gasteiger partial charge in [0.05, 0.1) is 11.1 Å². The van der Waals surface area contributed by atoms with E-state index in [2.05, 4.69) is 0 Å². The first-order valence-electron chi connectivity index (χ1n) is 7.05. The summed E-state index contributed by atoms with van der Waals surface area (Å²) in [6, 6.07) is 3.79. The van der Waals surface area contributed by atoms with Gasteiger partial charge >= 0.3 is 12.1 Å². The van der Waals surface area contributed by atoms with Crippen molar-refractivity contribution in [1.82, 2.24) is 0 Å². The maximum absolute atomic E-state index is 13.0. The van der Waals surface area contributed by atoms with Gasteiger partial charge in [0.15, 0.2) is 0 Å². The van der Waals surface area contributed by atoms with E-state index in [1.807, 2.05) is 11.8 Å². The zero-order chi connectivity index (χ0) is 15.6. The number of rotatable bonds is 6. The van der Waals surface area contributed by atoms with Gasteiger partial charge in [-0.2, -0.15) is 13.2 Å². The minimum atomic E-state index is -4.66. The molecule has 0 amide bonds. The lowest BCUT2D eigenvalue weighted by Gasteiger charge is -2.26. The zero-order valence-electron chi connectivity index (χ0n) is 11.8. The van der Waals surface area contributed by atoms with Crippen molar-refractivity contribution in [2.45, 2.75) is 44.8 Å². The van der Waals surface area contributed by atoms with Gasteiger partial charge in [0.1, 0.15) is 0 Å². The second-order valence-electron chi connectivity index (χ2n) is 5.31. The molecule has 0 atom stereocenters. The molecule has 3 nitrogen and oxygen atoms in total. The van der Waals surface area contributed by atoms with E-state index in [0.717, 1.165) is 37.8 Å². The smallest absolute Gasteiger partial charge is 0.417 e. The predicted octanol–water partition coefficient (Wildman–Crippen LogP) is 4.17. The number of benzene rings is 1. The Morgan fingerprint density at radius 1 is 1.38 bits per heavy atom. The molecule has 0 unspecified atom stereocenters. The van der Waals surface area contributed by atoms with E-state index in [9.17, 15) is 18.0 Å². The van der Waals surface area contributed by atoms with Crippen LogP contribution >= 0.6 is 0 Å². The normalized spacial score (nSPS) is 15.0. The standard InChI is InChI=1S/C15H18F3NO2/c1-2-3-8-19(10-4-5-10)11-6-7-12(14(20)21)13(9-11)15(16,17)18/h6-7,9-10H,2-5,8H2,1H3,(H,20,21). The number of hydrogen-bond donors (Lipinski definition) is 1. The van der Waals surface area contributed by atoms with Crippen LogP contribution in [0.5, 0.6) is 0 Å². The summed E-state index contributed by atoms with van der Waals surface area (Å²) in [5.41, 5.74) is -1.31. The molecule has 0 aliphatic heterocycles. The summed E-state index contributed by atoms with van der Waals surface area (Å²) in [4.78, 5) is 12.9. The van der Waals surface area contributed by atoms with Crippen LogP contribution in [0.3, 0.4) is 0 Å². The highest BCUT2D eigenvalue weighted by atomic mass is 19.4. The molecule has 116 valence electrons. The monoisotopic (exact) mass is 301 g/mol. The Labute approximate surface area is 121 Å². The van der Waals surface area contributed by atoms with E-state index in [1.165, 1.54) is 6.07 Å². The SMILES string of the molecule is CCCCN(c1ccc(C(=O)O)c(C(F)(F)F)c1)C1CC1. The van der Waals surface area contributed by atoms with Crippen molar-refractivity contribution in [2.75, 3.05) is 11.4 Å². The fourth-order valence-electron chi connectivity index (χ4n) is 2.37. The van der Waals surface area contributed by atoms with Crippen LogP contribution in [0.2, 0.25) is 0 Å². The predicted molar refractivity (Wildman–Crippen MR) is 73.7 cm³/mol. The molecule has 6 heteroatoms. The number of carbonyl (C=O) groups is 1. The Morgan fingerprint density at radius 3 is 2.52 bits per heavy atom. The zero-order valence-corrected chi connectivity index (χ0v) is 11.8. The van der Waals surface area contributed by atoms with Crippen molar-refractivity contribution >= 4 is 11.7 Å². The molecule has 0 saturated heterocycles. The lowest BCUT2D eigenvalue weighted by atomic mass is 10.1. The summed E-state index contributed by atoms with van der Waals surface area (Å²) < 4.78 is 39.1. The van der Waals surface area contributed by atoms with Gasteiger partial charge in [-0.25, -0.2) is 4.79 Å². The molecule has 1 aromatic rings. The number of alkyl halides is 3. The van der Waals surface area contributed by atoms with Gasteiger partial charge in [0.2, 0.25) is 0 Å². The quantitative estimate of drug-likeness (QED) is 0.857. The van der Waals surface area contributed by atoms with Gasteiger partial charge in [-0.1, -0.05) is 13.3 Å². The van der Waals surface area contributed by atoms with Crippen LogP contribution in [-0.4, -0.2) is 23.7 Å². The van der Waals surface area contributed by atoms with Crippen LogP contribution in [0.1, 0.15) is 48.5 Å². The molecule has 1 aliphatic carbocycles. The summed E-state index contributed by atoms with van der Waals surface area (Å²) in [7, 11) is 0. The number of nitrogens with zero attached hydrogens (tertiary/aromatic N) is 1. The highest BCUT2D eigenvalue weighted by Gasteiger charge is 2.37. The van der Waals surface area contributed by atoms with Crippen LogP contribution in [0.25, 0.3) is 0 Å². The number of anilines is 1. The van der Waals surface area contributed by atoms with Gasteiger partial charge in [-0.3, -0.25) is 0 Å². The minimum absolute atomic E-state index is 0.285. The summed E-state index contributed by atoms with van der Waals surface area (Å²) in [6.07, 6.45) is -0.845. The molecule has 2 rings (SSSR count). The average molecular weight is 301 g/mol. The summed E-state index contributed by atoms with van der Waals surface area (Å²) in [5.74, 6) is -1.56. The fourth-order valence-corrected chi connectivity index (χ4v) is 2.37. The second kappa shape index (κ2) is 5.95. The largest absolute Gasteiger partial charge is 0.478 e. The molecule has 0 spiro atoms. The third-order valence-electron chi connectivity index (χ3n) is 3.61. The molecule has 0 radical (unpaired) electrons. The van der Waals surface area contributed by atoms with Crippen LogP contribution < -0.4 is 4.90 Å². The number of aromatic carboxylic acids is 1. The van der Waals surface area contributed by atoms with Gasteiger partial charge in [0.25, 0.3) is 0 Å². The molecule has 1 N–H and O–H groups in total. The Hall–Kier alpha value is -1.72. The summed E-state index contributed by atoms with van der Waals surface area (Å²) in [6.45, 7) is 2.73. The lowest BCUT2D eigenvalue weighted by molar-refractivity contribution is -0.138. The number of hydrogen-bond acceptors (Lipinski definition) is 2. The molecule has 1 fully saturated rings. The highest BCUT2D eigenvalue weighted by Crippen LogP contribution is 2.37. The van der Waals surface area contributed by atoms with Crippen molar-refractivity contribution in [3.05, 3.63) is 29.3 Å². The summed E-state index contributed by atoms with van der Waals surface area (Å²) >= 11 is 0. The Kier molecular flexibility index (Phi) is 4.44. The van der Waals surface area contributed by atoms with E-state index in [4.69, 9.17) is 5.11 Å². The average Bonchev–Trinajstić information content (AvgIpc) is 3.22. The molecule has 21 heavy (non-hydrogen) atoms. The number of halogens is 3. The van der Waals surface area contributed by atoms with Crippen LogP contribution in [0, 0.1) is 0 Å². The van der Waals surface area contributed by atoms with E-state index in [0.29, 0.717) is 12.2 Å². The van der Waals surface area contributed by atoms with Crippen molar-refractivity contribution in [3.63, 3.8) is 0 Å². The van der Waals surface area contributed by atoms with Crippen molar-refractivity contribution in [3.8, 4) is 0 Å². The lowest BCUT2D eigenvalue weighted by Crippen LogP contribution is -2.27. The fraction of sp³-hybridized carbons (Fsp3) is 0.533. The van der Waals surface area contributed by atoms with Crippen LogP contribution in [-0.2, 0) is 6.18 Å². The Bertz CT molecular complexity index is 524. The molecular weight excluding hydrogens is 283 g/mol. The van der Waals surface area contributed by atoms with E-state index in [1.54, 1.807) is 0 Å². The van der Waals surface area contributed by atoms with Gasteiger partial charge < -0.3 is 10.0 Å². The molecule has 1 saturated carbocycles. The van der Waals surface area contributed by atoms with Gasteiger partial charge in [-0.15, -0.1) is 0 Å². The van der Waals surface area contributed by atoms with E-state index in [-0.39, 0.29) is 6.04 Å². The molecule has 0 aromatic heterocycles. The number of unbranched alkanes of at least 4 members (excludes halogenated alkanes) is 1. The molecule has 0 bridgehead atoms. The maximum atomic E-state index is 13.0. The first-order valence-corrected chi connectivity index (χ1v) is 7.05. The topological polar surface area (TPSA) is 40.5 Å². The Balaban J connectivity index is 2.37. The van der Waals surface area contributed by atoms with E-state index >= 15 is 0 Å². The molecular formula is C15H18F3NO2. The number of carboxylic acid groups (broad SMARTS) is 1. The van der Waals surface area contributed by atoms with Crippen LogP contribution in [0.4, 0.5) is 18.9 Å². The third kappa shape index (κ3) is 3.68. The second-order valence-corrected chi connectivity index (χ2v) is 5.31.